The first kappa shape index (κ1) is 13.8. The van der Waals surface area contributed by atoms with Crippen LogP contribution in [0.2, 0.25) is 0 Å². The SMILES string of the molecule is Cc1ccc(S(=O)(=O)NC2CCCc3c2cnn3C)s1. The fourth-order valence-electron chi connectivity index (χ4n) is 2.63. The van der Waals surface area contributed by atoms with Crippen LogP contribution in [0.4, 0.5) is 0 Å². The number of thiophene rings is 1. The third-order valence-corrected chi connectivity index (χ3v) is 6.62. The van der Waals surface area contributed by atoms with Crippen molar-refractivity contribution in [3.05, 3.63) is 34.5 Å². The molecule has 2 aromatic rings. The smallest absolute Gasteiger partial charge is 0.250 e. The molecule has 0 saturated carbocycles. The molecule has 0 bridgehead atoms. The van der Waals surface area contributed by atoms with Gasteiger partial charge in [0, 0.05) is 23.2 Å². The van der Waals surface area contributed by atoms with Gasteiger partial charge >= 0.3 is 0 Å². The van der Waals surface area contributed by atoms with Crippen LogP contribution < -0.4 is 4.72 Å². The Hall–Kier alpha value is -1.18. The molecule has 0 aromatic carbocycles. The highest BCUT2D eigenvalue weighted by molar-refractivity contribution is 7.91. The van der Waals surface area contributed by atoms with E-state index in [2.05, 4.69) is 9.82 Å². The van der Waals surface area contributed by atoms with Crippen molar-refractivity contribution in [1.29, 1.82) is 0 Å². The average molecular weight is 311 g/mol. The number of nitrogens with zero attached hydrogens (tertiary/aromatic N) is 2. The Kier molecular flexibility index (Phi) is 3.43. The van der Waals surface area contributed by atoms with Crippen LogP contribution in [0, 0.1) is 6.92 Å². The largest absolute Gasteiger partial charge is 0.272 e. The fourth-order valence-corrected chi connectivity index (χ4v) is 5.18. The van der Waals surface area contributed by atoms with Crippen LogP contribution in [0.3, 0.4) is 0 Å². The van der Waals surface area contributed by atoms with E-state index >= 15 is 0 Å². The van der Waals surface area contributed by atoms with Gasteiger partial charge in [-0.25, -0.2) is 13.1 Å². The zero-order chi connectivity index (χ0) is 14.3. The minimum Gasteiger partial charge on any atom is -0.272 e. The van der Waals surface area contributed by atoms with Crippen LogP contribution in [0.15, 0.2) is 22.5 Å². The molecule has 5 nitrogen and oxygen atoms in total. The van der Waals surface area contributed by atoms with Gasteiger partial charge in [-0.3, -0.25) is 4.68 Å². The van der Waals surface area contributed by atoms with Crippen molar-refractivity contribution in [2.45, 2.75) is 36.4 Å². The van der Waals surface area contributed by atoms with E-state index in [1.165, 1.54) is 11.3 Å². The second-order valence-electron chi connectivity index (χ2n) is 5.10. The van der Waals surface area contributed by atoms with Crippen LogP contribution in [-0.4, -0.2) is 18.2 Å². The average Bonchev–Trinajstić information content (AvgIpc) is 2.98. The van der Waals surface area contributed by atoms with E-state index in [1.54, 1.807) is 12.3 Å². The summed E-state index contributed by atoms with van der Waals surface area (Å²) in [6, 6.07) is 3.32. The standard InChI is InChI=1S/C13H17N3O2S2/c1-9-6-7-13(19-9)20(17,18)15-11-4-3-5-12-10(11)8-14-16(12)2/h6-8,11,15H,3-5H2,1-2H3. The van der Waals surface area contributed by atoms with E-state index in [0.29, 0.717) is 4.21 Å². The summed E-state index contributed by atoms with van der Waals surface area (Å²) in [5.41, 5.74) is 2.14. The number of hydrogen-bond acceptors (Lipinski definition) is 4. The lowest BCUT2D eigenvalue weighted by atomic mass is 9.94. The monoisotopic (exact) mass is 311 g/mol. The van der Waals surface area contributed by atoms with E-state index < -0.39 is 10.0 Å². The molecule has 1 N–H and O–H groups in total. The van der Waals surface area contributed by atoms with Gasteiger partial charge in [0.1, 0.15) is 4.21 Å². The Labute approximate surface area is 122 Å². The van der Waals surface area contributed by atoms with E-state index in [9.17, 15) is 8.42 Å². The fraction of sp³-hybridized carbons (Fsp3) is 0.462. The first-order valence-corrected chi connectivity index (χ1v) is 8.87. The number of rotatable bonds is 3. The van der Waals surface area contributed by atoms with Gasteiger partial charge in [-0.15, -0.1) is 11.3 Å². The van der Waals surface area contributed by atoms with Crippen LogP contribution in [0.25, 0.3) is 0 Å². The molecule has 0 spiro atoms. The van der Waals surface area contributed by atoms with Gasteiger partial charge in [0.2, 0.25) is 0 Å². The van der Waals surface area contributed by atoms with Crippen LogP contribution >= 0.6 is 11.3 Å². The van der Waals surface area contributed by atoms with Gasteiger partial charge in [-0.05, 0) is 38.3 Å². The summed E-state index contributed by atoms with van der Waals surface area (Å²) in [6.45, 7) is 1.91. The summed E-state index contributed by atoms with van der Waals surface area (Å²) >= 11 is 1.30. The van der Waals surface area contributed by atoms with Crippen molar-refractivity contribution in [1.82, 2.24) is 14.5 Å². The Morgan fingerprint density at radius 3 is 2.95 bits per heavy atom. The Morgan fingerprint density at radius 1 is 1.45 bits per heavy atom. The molecule has 1 aliphatic rings. The second kappa shape index (κ2) is 4.98. The topological polar surface area (TPSA) is 64.0 Å². The molecule has 0 fully saturated rings. The summed E-state index contributed by atoms with van der Waals surface area (Å²) in [5.74, 6) is 0. The summed E-state index contributed by atoms with van der Waals surface area (Å²) in [5, 5.41) is 4.24. The molecule has 108 valence electrons. The predicted molar refractivity (Wildman–Crippen MR) is 78.3 cm³/mol. The lowest BCUT2D eigenvalue weighted by Crippen LogP contribution is -2.30. The van der Waals surface area contributed by atoms with Crippen molar-refractivity contribution < 1.29 is 8.42 Å². The molecule has 1 atom stereocenters. The van der Waals surface area contributed by atoms with Crippen LogP contribution in [0.5, 0.6) is 0 Å². The zero-order valence-corrected chi connectivity index (χ0v) is 13.1. The minimum absolute atomic E-state index is 0.167. The van der Waals surface area contributed by atoms with Gasteiger partial charge in [0.05, 0.1) is 12.2 Å². The van der Waals surface area contributed by atoms with E-state index in [0.717, 1.165) is 35.4 Å². The Balaban J connectivity index is 1.89. The number of sulfonamides is 1. The molecule has 0 saturated heterocycles. The van der Waals surface area contributed by atoms with E-state index in [-0.39, 0.29) is 6.04 Å². The van der Waals surface area contributed by atoms with Crippen molar-refractivity contribution in [3.63, 3.8) is 0 Å². The van der Waals surface area contributed by atoms with Crippen molar-refractivity contribution >= 4 is 21.4 Å². The highest BCUT2D eigenvalue weighted by Gasteiger charge is 2.28. The number of hydrogen-bond donors (Lipinski definition) is 1. The van der Waals surface area contributed by atoms with Gasteiger partial charge in [-0.2, -0.15) is 5.10 Å². The number of aryl methyl sites for hydroxylation is 2. The molecule has 2 heterocycles. The van der Waals surface area contributed by atoms with E-state index in [4.69, 9.17) is 0 Å². The molecule has 1 unspecified atom stereocenters. The third kappa shape index (κ3) is 2.41. The van der Waals surface area contributed by atoms with Crippen molar-refractivity contribution in [2.24, 2.45) is 7.05 Å². The number of fused-ring (bicyclic) bond motifs is 1. The lowest BCUT2D eigenvalue weighted by molar-refractivity contribution is 0.499. The van der Waals surface area contributed by atoms with Gasteiger partial charge in [0.25, 0.3) is 10.0 Å². The first-order chi connectivity index (χ1) is 9.47. The second-order valence-corrected chi connectivity index (χ2v) is 8.33. The van der Waals surface area contributed by atoms with Crippen LogP contribution in [0.1, 0.15) is 35.0 Å². The zero-order valence-electron chi connectivity index (χ0n) is 11.5. The molecular weight excluding hydrogens is 294 g/mol. The predicted octanol–water partition coefficient (Wildman–Crippen LogP) is 2.15. The maximum atomic E-state index is 12.4. The molecule has 3 rings (SSSR count). The van der Waals surface area contributed by atoms with Gasteiger partial charge < -0.3 is 0 Å². The highest BCUT2D eigenvalue weighted by atomic mass is 32.2. The third-order valence-electron chi connectivity index (χ3n) is 3.65. The van der Waals surface area contributed by atoms with Crippen molar-refractivity contribution in [3.8, 4) is 0 Å². The molecule has 0 radical (unpaired) electrons. The molecule has 7 heteroatoms. The van der Waals surface area contributed by atoms with Gasteiger partial charge in [-0.1, -0.05) is 0 Å². The molecular formula is C13H17N3O2S2. The summed E-state index contributed by atoms with van der Waals surface area (Å²) in [7, 11) is -1.54. The lowest BCUT2D eigenvalue weighted by Gasteiger charge is -2.23. The van der Waals surface area contributed by atoms with Gasteiger partial charge in [0.15, 0.2) is 0 Å². The molecule has 20 heavy (non-hydrogen) atoms. The number of nitrogens with one attached hydrogen (secondary N) is 1. The maximum absolute atomic E-state index is 12.4. The minimum atomic E-state index is -3.44. The molecule has 0 aliphatic heterocycles. The summed E-state index contributed by atoms with van der Waals surface area (Å²) < 4.78 is 29.8. The Bertz CT molecular complexity index is 731. The van der Waals surface area contributed by atoms with E-state index in [1.807, 2.05) is 24.7 Å². The molecule has 2 aromatic heterocycles. The quantitative estimate of drug-likeness (QED) is 0.944. The van der Waals surface area contributed by atoms with Crippen molar-refractivity contribution in [2.75, 3.05) is 0 Å². The maximum Gasteiger partial charge on any atom is 0.250 e. The summed E-state index contributed by atoms with van der Waals surface area (Å²) in [6.07, 6.45) is 4.54. The highest BCUT2D eigenvalue weighted by Crippen LogP contribution is 2.31. The van der Waals surface area contributed by atoms with Crippen LogP contribution in [-0.2, 0) is 23.5 Å². The Morgan fingerprint density at radius 2 is 2.25 bits per heavy atom. The normalized spacial score (nSPS) is 19.0. The molecule has 0 amide bonds. The summed E-state index contributed by atoms with van der Waals surface area (Å²) in [4.78, 5) is 0.996. The first-order valence-electron chi connectivity index (χ1n) is 6.57. The molecule has 1 aliphatic carbocycles. The number of aromatic nitrogens is 2.